The maximum absolute atomic E-state index is 5.99. The molecule has 4 nitrogen and oxygen atoms in total. The Balaban J connectivity index is 2.36. The molecule has 2 atom stereocenters. The molecule has 0 spiro atoms. The molecule has 1 aliphatic rings. The van der Waals surface area contributed by atoms with Gasteiger partial charge in [-0.25, -0.2) is 0 Å². The van der Waals surface area contributed by atoms with Crippen molar-refractivity contribution in [2.45, 2.75) is 38.8 Å². The van der Waals surface area contributed by atoms with Crippen LogP contribution in [0, 0.1) is 0 Å². The fourth-order valence-electron chi connectivity index (χ4n) is 2.95. The summed E-state index contributed by atoms with van der Waals surface area (Å²) >= 11 is 0. The maximum atomic E-state index is 5.99. The van der Waals surface area contributed by atoms with Gasteiger partial charge in [-0.05, 0) is 39.1 Å². The lowest BCUT2D eigenvalue weighted by atomic mass is 10.00. The van der Waals surface area contributed by atoms with Gasteiger partial charge in [0.15, 0.2) is 0 Å². The van der Waals surface area contributed by atoms with Crippen LogP contribution in [0.2, 0.25) is 0 Å². The average Bonchev–Trinajstić information content (AvgIpc) is 2.78. The van der Waals surface area contributed by atoms with E-state index >= 15 is 0 Å². The Labute approximate surface area is 121 Å². The smallest absolute Gasteiger partial charge is 0.124 e. The zero-order valence-electron chi connectivity index (χ0n) is 13.0. The summed E-state index contributed by atoms with van der Waals surface area (Å²) in [6.07, 6.45) is 2.30. The fourth-order valence-corrected chi connectivity index (χ4v) is 2.95. The Morgan fingerprint density at radius 3 is 2.85 bits per heavy atom. The largest absolute Gasteiger partial charge is 0.496 e. The third-order valence-corrected chi connectivity index (χ3v) is 3.94. The zero-order valence-corrected chi connectivity index (χ0v) is 13.0. The summed E-state index contributed by atoms with van der Waals surface area (Å²) in [5.74, 6) is 1.90. The summed E-state index contributed by atoms with van der Waals surface area (Å²) in [5, 5.41) is 0. The molecule has 2 unspecified atom stereocenters. The quantitative estimate of drug-likeness (QED) is 0.868. The summed E-state index contributed by atoms with van der Waals surface area (Å²) in [4.78, 5) is 2.28. The van der Waals surface area contributed by atoms with Gasteiger partial charge in [0.1, 0.15) is 17.6 Å². The van der Waals surface area contributed by atoms with E-state index in [0.29, 0.717) is 6.54 Å². The summed E-state index contributed by atoms with van der Waals surface area (Å²) in [5.41, 5.74) is 8.35. The van der Waals surface area contributed by atoms with Crippen LogP contribution in [0.3, 0.4) is 0 Å². The lowest BCUT2D eigenvalue weighted by molar-refractivity contribution is 0.240. The maximum Gasteiger partial charge on any atom is 0.124 e. The van der Waals surface area contributed by atoms with Gasteiger partial charge in [0.25, 0.3) is 0 Å². The number of rotatable bonds is 6. The third-order valence-electron chi connectivity index (χ3n) is 3.94. The first-order valence-corrected chi connectivity index (χ1v) is 7.38. The average molecular weight is 278 g/mol. The lowest BCUT2D eigenvalue weighted by Crippen LogP contribution is -2.31. The van der Waals surface area contributed by atoms with Gasteiger partial charge in [0.05, 0.1) is 13.2 Å². The van der Waals surface area contributed by atoms with Crippen molar-refractivity contribution in [1.82, 2.24) is 4.90 Å². The molecular weight excluding hydrogens is 252 g/mol. The minimum absolute atomic E-state index is 0.162. The topological polar surface area (TPSA) is 47.7 Å². The molecule has 1 aromatic carbocycles. The number of ether oxygens (including phenoxy) is 2. The van der Waals surface area contributed by atoms with Gasteiger partial charge >= 0.3 is 0 Å². The molecule has 0 aliphatic carbocycles. The second-order valence-electron chi connectivity index (χ2n) is 5.57. The van der Waals surface area contributed by atoms with Crippen molar-refractivity contribution in [3.8, 4) is 11.5 Å². The van der Waals surface area contributed by atoms with E-state index in [0.717, 1.165) is 36.4 Å². The lowest BCUT2D eigenvalue weighted by Gasteiger charge is -2.28. The SMILES string of the molecule is CCCN(C)C(CN)c1cc2c(cc1OC)CC(C)O2. The first-order chi connectivity index (χ1) is 9.60. The van der Waals surface area contributed by atoms with Crippen molar-refractivity contribution >= 4 is 0 Å². The molecule has 112 valence electrons. The Kier molecular flexibility index (Phi) is 4.89. The number of nitrogens with two attached hydrogens (primary N) is 1. The molecular formula is C16H26N2O2. The Morgan fingerprint density at radius 1 is 1.50 bits per heavy atom. The monoisotopic (exact) mass is 278 g/mol. The van der Waals surface area contributed by atoms with Gasteiger partial charge < -0.3 is 15.2 Å². The van der Waals surface area contributed by atoms with E-state index in [9.17, 15) is 0 Å². The predicted molar refractivity (Wildman–Crippen MR) is 81.5 cm³/mol. The number of benzene rings is 1. The minimum Gasteiger partial charge on any atom is -0.496 e. The van der Waals surface area contributed by atoms with Gasteiger partial charge in [0.2, 0.25) is 0 Å². The van der Waals surface area contributed by atoms with Crippen LogP contribution in [0.25, 0.3) is 0 Å². The Hall–Kier alpha value is -1.26. The second kappa shape index (κ2) is 6.46. The predicted octanol–water partition coefficient (Wildman–Crippen LogP) is 2.36. The van der Waals surface area contributed by atoms with E-state index < -0.39 is 0 Å². The van der Waals surface area contributed by atoms with Gasteiger partial charge in [-0.1, -0.05) is 6.92 Å². The van der Waals surface area contributed by atoms with Crippen LogP contribution in [0.5, 0.6) is 11.5 Å². The van der Waals surface area contributed by atoms with Crippen LogP contribution in [-0.4, -0.2) is 38.3 Å². The van der Waals surface area contributed by atoms with Crippen LogP contribution in [-0.2, 0) is 6.42 Å². The first kappa shape index (κ1) is 15.1. The number of methoxy groups -OCH3 is 1. The van der Waals surface area contributed by atoms with Crippen molar-refractivity contribution in [3.63, 3.8) is 0 Å². The molecule has 2 rings (SSSR count). The highest BCUT2D eigenvalue weighted by Crippen LogP contribution is 2.38. The summed E-state index contributed by atoms with van der Waals surface area (Å²) in [6, 6.07) is 4.38. The highest BCUT2D eigenvalue weighted by Gasteiger charge is 2.25. The van der Waals surface area contributed by atoms with Crippen molar-refractivity contribution < 1.29 is 9.47 Å². The highest BCUT2D eigenvalue weighted by molar-refractivity contribution is 5.50. The van der Waals surface area contributed by atoms with Crippen LogP contribution < -0.4 is 15.2 Å². The number of hydrogen-bond donors (Lipinski definition) is 1. The number of hydrogen-bond acceptors (Lipinski definition) is 4. The summed E-state index contributed by atoms with van der Waals surface area (Å²) in [6.45, 7) is 5.85. The molecule has 0 amide bonds. The van der Waals surface area contributed by atoms with E-state index in [-0.39, 0.29) is 12.1 Å². The molecule has 20 heavy (non-hydrogen) atoms. The highest BCUT2D eigenvalue weighted by atomic mass is 16.5. The molecule has 1 aliphatic heterocycles. The molecule has 1 aromatic rings. The van der Waals surface area contributed by atoms with E-state index in [1.807, 2.05) is 0 Å². The molecule has 2 N–H and O–H groups in total. The fraction of sp³-hybridized carbons (Fsp3) is 0.625. The molecule has 1 heterocycles. The van der Waals surface area contributed by atoms with Crippen molar-refractivity contribution in [2.75, 3.05) is 27.2 Å². The van der Waals surface area contributed by atoms with Crippen molar-refractivity contribution in [2.24, 2.45) is 5.73 Å². The van der Waals surface area contributed by atoms with Gasteiger partial charge in [-0.3, -0.25) is 4.90 Å². The first-order valence-electron chi connectivity index (χ1n) is 7.38. The van der Waals surface area contributed by atoms with E-state index in [2.05, 4.69) is 37.9 Å². The summed E-state index contributed by atoms with van der Waals surface area (Å²) < 4.78 is 11.4. The van der Waals surface area contributed by atoms with E-state index in [4.69, 9.17) is 15.2 Å². The van der Waals surface area contributed by atoms with Crippen molar-refractivity contribution in [1.29, 1.82) is 0 Å². The molecule has 0 radical (unpaired) electrons. The molecule has 0 aromatic heterocycles. The molecule has 0 saturated carbocycles. The summed E-state index contributed by atoms with van der Waals surface area (Å²) in [7, 11) is 3.83. The number of nitrogens with zero attached hydrogens (tertiary/aromatic N) is 1. The molecule has 4 heteroatoms. The van der Waals surface area contributed by atoms with E-state index in [1.54, 1.807) is 7.11 Å². The zero-order chi connectivity index (χ0) is 14.7. The number of likely N-dealkylation sites (N-methyl/N-ethyl adjacent to an activating group) is 1. The standard InChI is InChI=1S/C16H26N2O2/c1-5-6-18(3)14(10-17)13-9-15-12(7-11(2)20-15)8-16(13)19-4/h8-9,11,14H,5-7,10,17H2,1-4H3. The molecule has 0 bridgehead atoms. The number of fused-ring (bicyclic) bond motifs is 1. The molecule has 0 saturated heterocycles. The van der Waals surface area contributed by atoms with Gasteiger partial charge in [-0.15, -0.1) is 0 Å². The minimum atomic E-state index is 0.162. The van der Waals surface area contributed by atoms with Crippen LogP contribution in [0.4, 0.5) is 0 Å². The molecule has 0 fully saturated rings. The normalized spacial score (nSPS) is 18.8. The second-order valence-corrected chi connectivity index (χ2v) is 5.57. The van der Waals surface area contributed by atoms with Gasteiger partial charge in [-0.2, -0.15) is 0 Å². The third kappa shape index (κ3) is 2.91. The Morgan fingerprint density at radius 2 is 2.25 bits per heavy atom. The van der Waals surface area contributed by atoms with Crippen molar-refractivity contribution in [3.05, 3.63) is 23.3 Å². The van der Waals surface area contributed by atoms with E-state index in [1.165, 1.54) is 5.56 Å². The van der Waals surface area contributed by atoms with Crippen LogP contribution in [0.15, 0.2) is 12.1 Å². The van der Waals surface area contributed by atoms with Gasteiger partial charge in [0, 0.05) is 24.1 Å². The Bertz CT molecular complexity index is 462. The van der Waals surface area contributed by atoms with Crippen LogP contribution in [0.1, 0.15) is 37.4 Å². The van der Waals surface area contributed by atoms with Crippen LogP contribution >= 0.6 is 0 Å².